The first-order chi connectivity index (χ1) is 14.2. The summed E-state index contributed by atoms with van der Waals surface area (Å²) in [5, 5.41) is 19.1. The Morgan fingerprint density at radius 2 is 2.10 bits per heavy atom. The molecule has 1 aliphatic heterocycles. The summed E-state index contributed by atoms with van der Waals surface area (Å²) in [5.41, 5.74) is 2.94. The smallest absolute Gasteiger partial charge is 0.225 e. The summed E-state index contributed by atoms with van der Waals surface area (Å²) in [6, 6.07) is 13.2. The van der Waals surface area contributed by atoms with Crippen LogP contribution in [0.5, 0.6) is 5.75 Å². The first-order valence-electron chi connectivity index (χ1n) is 9.51. The van der Waals surface area contributed by atoms with Gasteiger partial charge in [-0.15, -0.1) is 0 Å². The molecule has 29 heavy (non-hydrogen) atoms. The molecule has 0 atom stereocenters. The van der Waals surface area contributed by atoms with Crippen molar-refractivity contribution in [3.63, 3.8) is 0 Å². The van der Waals surface area contributed by atoms with Crippen molar-refractivity contribution in [1.82, 2.24) is 9.97 Å². The van der Waals surface area contributed by atoms with Crippen LogP contribution in [-0.2, 0) is 11.2 Å². The standard InChI is InChI=1S/C22H21N4O3/c23-14-18-13-17(3-4-21(18)29-19-6-10-28-11-7-19)20-5-8-24-22(25-20)12-16-2-1-9-26(27)15-16/h1-5,8-9,13,15,19,27H,6-7,10-12H2/q+1. The number of nitriles is 1. The fourth-order valence-electron chi connectivity index (χ4n) is 3.30. The topological polar surface area (TPSA) is 92.1 Å². The van der Waals surface area contributed by atoms with Crippen LogP contribution in [0.25, 0.3) is 11.3 Å². The quantitative estimate of drug-likeness (QED) is 0.533. The van der Waals surface area contributed by atoms with E-state index < -0.39 is 0 Å². The molecule has 0 aliphatic carbocycles. The monoisotopic (exact) mass is 389 g/mol. The Balaban J connectivity index is 1.55. The van der Waals surface area contributed by atoms with Crippen LogP contribution in [0, 0.1) is 11.3 Å². The van der Waals surface area contributed by atoms with Crippen molar-refractivity contribution in [3.05, 3.63) is 71.9 Å². The predicted molar refractivity (Wildman–Crippen MR) is 103 cm³/mol. The van der Waals surface area contributed by atoms with Gasteiger partial charge in [0.05, 0.1) is 24.5 Å². The van der Waals surface area contributed by atoms with Crippen molar-refractivity contribution >= 4 is 0 Å². The number of pyridine rings is 1. The van der Waals surface area contributed by atoms with Gasteiger partial charge in [0.2, 0.25) is 12.4 Å². The fourth-order valence-corrected chi connectivity index (χ4v) is 3.30. The van der Waals surface area contributed by atoms with Gasteiger partial charge in [-0.05, 0) is 30.3 Å². The maximum absolute atomic E-state index is 9.58. The zero-order valence-corrected chi connectivity index (χ0v) is 15.9. The van der Waals surface area contributed by atoms with Crippen LogP contribution in [-0.4, -0.2) is 34.5 Å². The molecular formula is C22H21N4O3+. The van der Waals surface area contributed by atoms with E-state index in [-0.39, 0.29) is 6.10 Å². The van der Waals surface area contributed by atoms with E-state index in [2.05, 4.69) is 16.0 Å². The lowest BCUT2D eigenvalue weighted by atomic mass is 10.1. The number of benzene rings is 1. The molecule has 2 aromatic heterocycles. The summed E-state index contributed by atoms with van der Waals surface area (Å²) >= 11 is 0. The van der Waals surface area contributed by atoms with Crippen molar-refractivity contribution in [2.75, 3.05) is 13.2 Å². The number of hydrogen-bond donors (Lipinski definition) is 1. The van der Waals surface area contributed by atoms with Crippen LogP contribution in [0.2, 0.25) is 0 Å². The second-order valence-corrected chi connectivity index (χ2v) is 6.88. The van der Waals surface area contributed by atoms with Crippen LogP contribution >= 0.6 is 0 Å². The molecule has 146 valence electrons. The highest BCUT2D eigenvalue weighted by molar-refractivity contribution is 5.64. The second-order valence-electron chi connectivity index (χ2n) is 6.88. The molecule has 1 aliphatic rings. The van der Waals surface area contributed by atoms with Crippen LogP contribution in [0.3, 0.4) is 0 Å². The maximum atomic E-state index is 9.58. The number of aromatic nitrogens is 3. The molecule has 0 saturated carbocycles. The summed E-state index contributed by atoms with van der Waals surface area (Å²) in [4.78, 5) is 8.94. The average molecular weight is 389 g/mol. The van der Waals surface area contributed by atoms with Gasteiger partial charge in [-0.2, -0.15) is 5.26 Å². The zero-order chi connectivity index (χ0) is 20.1. The Bertz CT molecular complexity index is 1040. The molecule has 1 fully saturated rings. The number of nitrogens with zero attached hydrogens (tertiary/aromatic N) is 4. The van der Waals surface area contributed by atoms with Gasteiger partial charge in [0, 0.05) is 47.4 Å². The third kappa shape index (κ3) is 4.68. The molecule has 0 radical (unpaired) electrons. The largest absolute Gasteiger partial charge is 0.489 e. The van der Waals surface area contributed by atoms with Gasteiger partial charge in [0.15, 0.2) is 0 Å². The predicted octanol–water partition coefficient (Wildman–Crippen LogP) is 2.69. The molecule has 0 amide bonds. The molecule has 0 unspecified atom stereocenters. The number of rotatable bonds is 5. The van der Waals surface area contributed by atoms with Crippen molar-refractivity contribution in [3.8, 4) is 23.1 Å². The molecule has 7 nitrogen and oxygen atoms in total. The van der Waals surface area contributed by atoms with E-state index in [1.54, 1.807) is 30.7 Å². The Morgan fingerprint density at radius 1 is 1.24 bits per heavy atom. The van der Waals surface area contributed by atoms with Gasteiger partial charge in [0.25, 0.3) is 0 Å². The third-order valence-corrected chi connectivity index (χ3v) is 4.77. The highest BCUT2D eigenvalue weighted by Gasteiger charge is 2.17. The van der Waals surface area contributed by atoms with E-state index in [1.165, 1.54) is 0 Å². The van der Waals surface area contributed by atoms with E-state index in [0.717, 1.165) is 34.4 Å². The highest BCUT2D eigenvalue weighted by atomic mass is 16.5. The van der Waals surface area contributed by atoms with Gasteiger partial charge < -0.3 is 9.47 Å². The Kier molecular flexibility index (Phi) is 5.63. The van der Waals surface area contributed by atoms with Crippen molar-refractivity contribution in [2.45, 2.75) is 25.4 Å². The minimum absolute atomic E-state index is 0.0764. The third-order valence-electron chi connectivity index (χ3n) is 4.77. The molecule has 4 rings (SSSR count). The summed E-state index contributed by atoms with van der Waals surface area (Å²) in [6.45, 7) is 1.37. The highest BCUT2D eigenvalue weighted by Crippen LogP contribution is 2.27. The SMILES string of the molecule is N#Cc1cc(-c2ccnc(Cc3ccc[n+](O)c3)n2)ccc1OC1CCOCC1. The Hall–Kier alpha value is -3.50. The van der Waals surface area contributed by atoms with Crippen molar-refractivity contribution in [1.29, 1.82) is 5.26 Å². The molecule has 1 N–H and O–H groups in total. The molecule has 0 spiro atoms. The molecule has 1 aromatic carbocycles. The summed E-state index contributed by atoms with van der Waals surface area (Å²) in [6.07, 6.45) is 7.09. The minimum atomic E-state index is 0.0764. The average Bonchev–Trinajstić information content (AvgIpc) is 2.75. The van der Waals surface area contributed by atoms with Crippen molar-refractivity contribution < 1.29 is 19.4 Å². The first kappa shape index (κ1) is 18.8. The van der Waals surface area contributed by atoms with E-state index in [9.17, 15) is 10.5 Å². The Labute approximate surface area is 168 Å². The van der Waals surface area contributed by atoms with Crippen LogP contribution in [0.15, 0.2) is 55.0 Å². The zero-order valence-electron chi connectivity index (χ0n) is 15.9. The maximum Gasteiger partial charge on any atom is 0.225 e. The van der Waals surface area contributed by atoms with Crippen LogP contribution in [0.4, 0.5) is 0 Å². The van der Waals surface area contributed by atoms with Crippen LogP contribution in [0.1, 0.15) is 29.8 Å². The van der Waals surface area contributed by atoms with Gasteiger partial charge in [-0.25, -0.2) is 9.97 Å². The number of hydrogen-bond acceptors (Lipinski definition) is 6. The Morgan fingerprint density at radius 3 is 2.90 bits per heavy atom. The molecular weight excluding hydrogens is 368 g/mol. The van der Waals surface area contributed by atoms with Gasteiger partial charge in [-0.1, -0.05) is 0 Å². The molecule has 3 aromatic rings. The van der Waals surface area contributed by atoms with Crippen molar-refractivity contribution in [2.24, 2.45) is 0 Å². The van der Waals surface area contributed by atoms with E-state index >= 15 is 0 Å². The summed E-state index contributed by atoms with van der Waals surface area (Å²) < 4.78 is 12.4. The van der Waals surface area contributed by atoms with E-state index in [0.29, 0.717) is 36.8 Å². The fraction of sp³-hybridized carbons (Fsp3) is 0.273. The van der Waals surface area contributed by atoms with Gasteiger partial charge in [-0.3, -0.25) is 5.21 Å². The summed E-state index contributed by atoms with van der Waals surface area (Å²) in [7, 11) is 0. The van der Waals surface area contributed by atoms with E-state index in [4.69, 9.17) is 9.47 Å². The molecule has 0 bridgehead atoms. The minimum Gasteiger partial charge on any atom is -0.489 e. The molecule has 7 heteroatoms. The first-order valence-corrected chi connectivity index (χ1v) is 9.51. The van der Waals surface area contributed by atoms with Gasteiger partial charge >= 0.3 is 0 Å². The second kappa shape index (κ2) is 8.67. The van der Waals surface area contributed by atoms with E-state index in [1.807, 2.05) is 24.3 Å². The normalized spacial score (nSPS) is 14.3. The van der Waals surface area contributed by atoms with Gasteiger partial charge in [0.1, 0.15) is 23.7 Å². The lowest BCUT2D eigenvalue weighted by Crippen LogP contribution is -2.28. The summed E-state index contributed by atoms with van der Waals surface area (Å²) in [5.74, 6) is 1.23. The molecule has 3 heterocycles. The lowest BCUT2D eigenvalue weighted by molar-refractivity contribution is -0.905. The lowest BCUT2D eigenvalue weighted by Gasteiger charge is -2.23. The molecule has 1 saturated heterocycles. The van der Waals surface area contributed by atoms with Crippen LogP contribution < -0.4 is 9.47 Å². The number of ether oxygens (including phenoxy) is 2.